The molecule has 0 fully saturated rings. The predicted molar refractivity (Wildman–Crippen MR) is 57.6 cm³/mol. The standard InChI is InChI=1S/C7H9BrNO2S2/c1-5(4-13(2,10)11)7-9-6(8)3-12-7/h3,5H,1,4H2,2H3. The highest BCUT2D eigenvalue weighted by atomic mass is 79.9. The number of aromatic nitrogens is 1. The van der Waals surface area contributed by atoms with Crippen LogP contribution in [0.5, 0.6) is 0 Å². The lowest BCUT2D eigenvalue weighted by Gasteiger charge is -2.04. The molecular formula is C7H9BrNO2S2. The minimum atomic E-state index is -2.97. The van der Waals surface area contributed by atoms with Gasteiger partial charge in [-0.3, -0.25) is 0 Å². The molecule has 0 bridgehead atoms. The SMILES string of the molecule is [CH2]C(CS(C)(=O)=O)c1nc(Br)cs1. The Labute approximate surface area is 90.2 Å². The first kappa shape index (κ1) is 11.1. The fourth-order valence-corrected chi connectivity index (χ4v) is 3.17. The Morgan fingerprint density at radius 1 is 1.77 bits per heavy atom. The quantitative estimate of drug-likeness (QED) is 0.850. The van der Waals surface area contributed by atoms with Crippen molar-refractivity contribution in [3.63, 3.8) is 0 Å². The van der Waals surface area contributed by atoms with E-state index in [1.807, 2.05) is 5.38 Å². The first-order valence-electron chi connectivity index (χ1n) is 3.50. The zero-order valence-corrected chi connectivity index (χ0v) is 10.2. The lowest BCUT2D eigenvalue weighted by molar-refractivity contribution is 0.598. The van der Waals surface area contributed by atoms with E-state index in [-0.39, 0.29) is 11.7 Å². The molecular weight excluding hydrogens is 274 g/mol. The van der Waals surface area contributed by atoms with Crippen molar-refractivity contribution >= 4 is 37.1 Å². The average molecular weight is 283 g/mol. The molecule has 1 aromatic heterocycles. The van der Waals surface area contributed by atoms with Crippen molar-refractivity contribution in [2.75, 3.05) is 12.0 Å². The molecule has 13 heavy (non-hydrogen) atoms. The van der Waals surface area contributed by atoms with Gasteiger partial charge in [0.25, 0.3) is 0 Å². The van der Waals surface area contributed by atoms with Gasteiger partial charge >= 0.3 is 0 Å². The van der Waals surface area contributed by atoms with Gasteiger partial charge in [-0.2, -0.15) is 0 Å². The Kier molecular flexibility index (Phi) is 3.48. The number of hydrogen-bond donors (Lipinski definition) is 0. The zero-order valence-electron chi connectivity index (χ0n) is 7.03. The monoisotopic (exact) mass is 282 g/mol. The Bertz CT molecular complexity index is 385. The summed E-state index contributed by atoms with van der Waals surface area (Å²) in [6.45, 7) is 3.75. The van der Waals surface area contributed by atoms with Gasteiger partial charge in [0, 0.05) is 17.6 Å². The first-order chi connectivity index (χ1) is 5.88. The van der Waals surface area contributed by atoms with Crippen LogP contribution < -0.4 is 0 Å². The van der Waals surface area contributed by atoms with Crippen LogP contribution in [0, 0.1) is 6.92 Å². The highest BCUT2D eigenvalue weighted by Crippen LogP contribution is 2.23. The molecule has 0 aromatic carbocycles. The molecule has 0 spiro atoms. The first-order valence-corrected chi connectivity index (χ1v) is 7.23. The molecule has 0 amide bonds. The van der Waals surface area contributed by atoms with Crippen LogP contribution in [0.3, 0.4) is 0 Å². The predicted octanol–water partition coefficient (Wildman–Crippen LogP) is 1.87. The van der Waals surface area contributed by atoms with E-state index in [0.717, 1.165) is 9.61 Å². The molecule has 0 aliphatic heterocycles. The van der Waals surface area contributed by atoms with Crippen molar-refractivity contribution in [3.05, 3.63) is 21.9 Å². The maximum atomic E-state index is 10.9. The lowest BCUT2D eigenvalue weighted by atomic mass is 10.2. The molecule has 1 rings (SSSR count). The summed E-state index contributed by atoms with van der Waals surface area (Å²) < 4.78 is 22.6. The van der Waals surface area contributed by atoms with E-state index in [4.69, 9.17) is 0 Å². The molecule has 1 atom stereocenters. The third-order valence-corrected chi connectivity index (χ3v) is 4.07. The van der Waals surface area contributed by atoms with Crippen molar-refractivity contribution in [2.24, 2.45) is 0 Å². The van der Waals surface area contributed by atoms with Crippen molar-refractivity contribution < 1.29 is 8.42 Å². The third-order valence-electron chi connectivity index (χ3n) is 1.35. The van der Waals surface area contributed by atoms with Crippen LogP contribution in [0.15, 0.2) is 9.98 Å². The Morgan fingerprint density at radius 3 is 2.77 bits per heavy atom. The number of nitrogens with zero attached hydrogens (tertiary/aromatic N) is 1. The topological polar surface area (TPSA) is 47.0 Å². The number of hydrogen-bond acceptors (Lipinski definition) is 4. The largest absolute Gasteiger partial charge is 0.234 e. The van der Waals surface area contributed by atoms with Gasteiger partial charge < -0.3 is 0 Å². The van der Waals surface area contributed by atoms with Crippen LogP contribution in [0.1, 0.15) is 10.9 Å². The van der Waals surface area contributed by atoms with Gasteiger partial charge in [0.15, 0.2) is 0 Å². The molecule has 0 N–H and O–H groups in total. The summed E-state index contributed by atoms with van der Waals surface area (Å²) in [4.78, 5) is 4.10. The van der Waals surface area contributed by atoms with Gasteiger partial charge in [0.2, 0.25) is 0 Å². The molecule has 1 aromatic rings. The number of thiazole rings is 1. The van der Waals surface area contributed by atoms with Crippen molar-refractivity contribution in [1.82, 2.24) is 4.98 Å². The van der Waals surface area contributed by atoms with Gasteiger partial charge in [0.05, 0.1) is 10.8 Å². The highest BCUT2D eigenvalue weighted by Gasteiger charge is 2.15. The Hall–Kier alpha value is 0.0600. The maximum Gasteiger partial charge on any atom is 0.148 e. The summed E-state index contributed by atoms with van der Waals surface area (Å²) in [5, 5.41) is 2.56. The van der Waals surface area contributed by atoms with Gasteiger partial charge in [-0.05, 0) is 22.9 Å². The summed E-state index contributed by atoms with van der Waals surface area (Å²) in [6, 6.07) is 0. The second kappa shape index (κ2) is 4.06. The number of halogens is 1. The van der Waals surface area contributed by atoms with Crippen LogP contribution in [-0.2, 0) is 9.84 Å². The molecule has 0 aliphatic rings. The maximum absolute atomic E-state index is 10.9. The molecule has 0 saturated heterocycles. The molecule has 1 radical (unpaired) electrons. The summed E-state index contributed by atoms with van der Waals surface area (Å²) >= 11 is 4.62. The minimum Gasteiger partial charge on any atom is -0.234 e. The fraction of sp³-hybridized carbons (Fsp3) is 0.429. The minimum absolute atomic E-state index is 0.0486. The van der Waals surface area contributed by atoms with Gasteiger partial charge in [-0.15, -0.1) is 11.3 Å². The summed E-state index contributed by atoms with van der Waals surface area (Å²) in [7, 11) is -2.97. The van der Waals surface area contributed by atoms with Crippen LogP contribution in [0.2, 0.25) is 0 Å². The molecule has 0 saturated carbocycles. The van der Waals surface area contributed by atoms with Gasteiger partial charge in [0.1, 0.15) is 14.4 Å². The Balaban J connectivity index is 2.75. The third kappa shape index (κ3) is 3.74. The molecule has 73 valence electrons. The smallest absolute Gasteiger partial charge is 0.148 e. The zero-order chi connectivity index (χ0) is 10.1. The van der Waals surface area contributed by atoms with Crippen LogP contribution in [0.25, 0.3) is 0 Å². The van der Waals surface area contributed by atoms with Crippen LogP contribution in [-0.4, -0.2) is 25.4 Å². The van der Waals surface area contributed by atoms with Crippen molar-refractivity contribution in [2.45, 2.75) is 5.92 Å². The average Bonchev–Trinajstić information content (AvgIpc) is 2.31. The van der Waals surface area contributed by atoms with Crippen LogP contribution in [0.4, 0.5) is 0 Å². The molecule has 1 unspecified atom stereocenters. The van der Waals surface area contributed by atoms with Crippen molar-refractivity contribution in [1.29, 1.82) is 0 Å². The van der Waals surface area contributed by atoms with Gasteiger partial charge in [-0.1, -0.05) is 0 Å². The summed E-state index contributed by atoms with van der Waals surface area (Å²) in [5.41, 5.74) is 0. The second-order valence-corrected chi connectivity index (χ2v) is 6.68. The van der Waals surface area contributed by atoms with E-state index in [1.54, 1.807) is 0 Å². The summed E-state index contributed by atoms with van der Waals surface area (Å²) in [6.07, 6.45) is 1.20. The molecule has 1 heterocycles. The van der Waals surface area contributed by atoms with E-state index in [9.17, 15) is 8.42 Å². The van der Waals surface area contributed by atoms with E-state index in [0.29, 0.717) is 0 Å². The highest BCUT2D eigenvalue weighted by molar-refractivity contribution is 9.10. The Morgan fingerprint density at radius 2 is 2.38 bits per heavy atom. The summed E-state index contributed by atoms with van der Waals surface area (Å²) in [5.74, 6) is -0.223. The fourth-order valence-electron chi connectivity index (χ4n) is 0.891. The molecule has 6 heteroatoms. The van der Waals surface area contributed by atoms with E-state index in [1.165, 1.54) is 17.6 Å². The molecule has 0 aliphatic carbocycles. The van der Waals surface area contributed by atoms with Gasteiger partial charge in [-0.25, -0.2) is 13.4 Å². The van der Waals surface area contributed by atoms with Crippen LogP contribution >= 0.6 is 27.3 Å². The van der Waals surface area contributed by atoms with Crippen molar-refractivity contribution in [3.8, 4) is 0 Å². The lowest BCUT2D eigenvalue weighted by Crippen LogP contribution is -2.10. The number of rotatable bonds is 3. The van der Waals surface area contributed by atoms with E-state index >= 15 is 0 Å². The van der Waals surface area contributed by atoms with E-state index < -0.39 is 9.84 Å². The normalized spacial score (nSPS) is 14.4. The molecule has 3 nitrogen and oxygen atoms in total. The second-order valence-electron chi connectivity index (χ2n) is 2.80. The number of sulfone groups is 1. The van der Waals surface area contributed by atoms with E-state index in [2.05, 4.69) is 27.8 Å².